The van der Waals surface area contributed by atoms with Gasteiger partial charge in [0, 0.05) is 18.8 Å². The molecule has 7 unspecified atom stereocenters. The number of allylic oxidation sites excluding steroid dienone is 1. The molecule has 4 aliphatic carbocycles. The molecular formula is C28H37FO3. The Hall–Kier alpha value is -1.52. The summed E-state index contributed by atoms with van der Waals surface area (Å²) in [6.45, 7) is 6.88. The van der Waals surface area contributed by atoms with Crippen molar-refractivity contribution in [2.45, 2.75) is 84.5 Å². The second-order valence-corrected chi connectivity index (χ2v) is 11.6. The first kappa shape index (κ1) is 22.3. The highest BCUT2D eigenvalue weighted by Crippen LogP contribution is 2.66. The summed E-state index contributed by atoms with van der Waals surface area (Å²) in [7, 11) is 0. The van der Waals surface area contributed by atoms with Crippen molar-refractivity contribution < 1.29 is 19.0 Å². The minimum absolute atomic E-state index is 0.115. The van der Waals surface area contributed by atoms with Gasteiger partial charge in [-0.05, 0) is 91.7 Å². The summed E-state index contributed by atoms with van der Waals surface area (Å²) < 4.78 is 19.2. The molecule has 3 fully saturated rings. The molecule has 0 aliphatic heterocycles. The van der Waals surface area contributed by atoms with Crippen LogP contribution in [0.2, 0.25) is 0 Å². The zero-order chi connectivity index (χ0) is 22.7. The van der Waals surface area contributed by atoms with Gasteiger partial charge in [0.1, 0.15) is 11.6 Å². The Morgan fingerprint density at radius 3 is 2.56 bits per heavy atom. The molecule has 0 aromatic heterocycles. The first-order valence-electron chi connectivity index (χ1n) is 12.5. The highest BCUT2D eigenvalue weighted by atomic mass is 19.1. The molecule has 1 aromatic carbocycles. The van der Waals surface area contributed by atoms with E-state index in [2.05, 4.69) is 19.9 Å². The quantitative estimate of drug-likeness (QED) is 0.448. The molecule has 0 bridgehead atoms. The Morgan fingerprint density at radius 1 is 1.09 bits per heavy atom. The van der Waals surface area contributed by atoms with Crippen LogP contribution in [0.25, 0.3) is 0 Å². The molecular weight excluding hydrogens is 403 g/mol. The molecule has 5 rings (SSSR count). The highest BCUT2D eigenvalue weighted by Gasteiger charge is 2.60. The predicted molar refractivity (Wildman–Crippen MR) is 122 cm³/mol. The SMILES string of the molecule is CC(=O)C1CCC2C3CC=C4CC(O)(OCc5ccc(F)cc5)CCC4(C)C3CCC12C. The van der Waals surface area contributed by atoms with Crippen molar-refractivity contribution in [3.63, 3.8) is 0 Å². The van der Waals surface area contributed by atoms with E-state index in [9.17, 15) is 14.3 Å². The van der Waals surface area contributed by atoms with Crippen LogP contribution in [0.4, 0.5) is 4.39 Å². The lowest BCUT2D eigenvalue weighted by atomic mass is 9.47. The lowest BCUT2D eigenvalue weighted by Gasteiger charge is -2.58. The van der Waals surface area contributed by atoms with Gasteiger partial charge in [0.05, 0.1) is 6.61 Å². The Bertz CT molecular complexity index is 923. The van der Waals surface area contributed by atoms with Crippen LogP contribution in [0.5, 0.6) is 0 Å². The number of hydrogen-bond donors (Lipinski definition) is 1. The van der Waals surface area contributed by atoms with Crippen molar-refractivity contribution in [1.29, 1.82) is 0 Å². The summed E-state index contributed by atoms with van der Waals surface area (Å²) in [6, 6.07) is 6.29. The van der Waals surface area contributed by atoms with Gasteiger partial charge in [0.15, 0.2) is 5.79 Å². The lowest BCUT2D eigenvalue weighted by Crippen LogP contribution is -2.52. The second kappa shape index (κ2) is 7.77. The van der Waals surface area contributed by atoms with E-state index in [1.165, 1.54) is 30.5 Å². The van der Waals surface area contributed by atoms with Crippen LogP contribution in [0, 0.1) is 40.3 Å². The molecule has 0 saturated heterocycles. The maximum atomic E-state index is 13.2. The Morgan fingerprint density at radius 2 is 1.84 bits per heavy atom. The van der Waals surface area contributed by atoms with Gasteiger partial charge in [-0.1, -0.05) is 37.6 Å². The summed E-state index contributed by atoms with van der Waals surface area (Å²) in [4.78, 5) is 12.3. The van der Waals surface area contributed by atoms with Gasteiger partial charge in [-0.2, -0.15) is 0 Å². The monoisotopic (exact) mass is 440 g/mol. The summed E-state index contributed by atoms with van der Waals surface area (Å²) >= 11 is 0. The molecule has 0 spiro atoms. The minimum Gasteiger partial charge on any atom is -0.365 e. The number of carbonyl (C=O) groups excluding carboxylic acids is 1. The number of Topliss-reactive ketones (excluding diaryl/α,β-unsaturated/α-hetero) is 1. The third kappa shape index (κ3) is 3.49. The molecule has 0 radical (unpaired) electrons. The van der Waals surface area contributed by atoms with Crippen LogP contribution in [-0.4, -0.2) is 16.7 Å². The van der Waals surface area contributed by atoms with Gasteiger partial charge < -0.3 is 9.84 Å². The first-order valence-corrected chi connectivity index (χ1v) is 12.5. The fourth-order valence-electron chi connectivity index (χ4n) is 8.21. The average Bonchev–Trinajstić information content (AvgIpc) is 3.12. The number of ether oxygens (including phenoxy) is 1. The molecule has 3 nitrogen and oxygen atoms in total. The molecule has 174 valence electrons. The normalized spacial score (nSPS) is 43.1. The average molecular weight is 441 g/mol. The van der Waals surface area contributed by atoms with E-state index in [1.807, 2.05) is 0 Å². The van der Waals surface area contributed by atoms with Crippen LogP contribution in [0.3, 0.4) is 0 Å². The van der Waals surface area contributed by atoms with Crippen molar-refractivity contribution in [2.75, 3.05) is 0 Å². The van der Waals surface area contributed by atoms with E-state index in [-0.39, 0.29) is 22.6 Å². The number of rotatable bonds is 4. The van der Waals surface area contributed by atoms with E-state index < -0.39 is 5.79 Å². The molecule has 4 heteroatoms. The molecule has 0 amide bonds. The third-order valence-electron chi connectivity index (χ3n) is 10.0. The Kier molecular flexibility index (Phi) is 5.41. The van der Waals surface area contributed by atoms with E-state index in [0.717, 1.165) is 31.2 Å². The molecule has 3 saturated carbocycles. The smallest absolute Gasteiger partial charge is 0.169 e. The van der Waals surface area contributed by atoms with Gasteiger partial charge in [-0.25, -0.2) is 4.39 Å². The number of carbonyl (C=O) groups is 1. The molecule has 0 heterocycles. The van der Waals surface area contributed by atoms with Crippen molar-refractivity contribution in [1.82, 2.24) is 0 Å². The lowest BCUT2D eigenvalue weighted by molar-refractivity contribution is -0.231. The molecule has 1 N–H and O–H groups in total. The number of fused-ring (bicyclic) bond motifs is 5. The maximum absolute atomic E-state index is 13.2. The predicted octanol–water partition coefficient (Wildman–Crippen LogP) is 6.20. The summed E-state index contributed by atoms with van der Waals surface area (Å²) in [5.74, 6) is 1.13. The maximum Gasteiger partial charge on any atom is 0.169 e. The van der Waals surface area contributed by atoms with Crippen LogP contribution >= 0.6 is 0 Å². The number of hydrogen-bond acceptors (Lipinski definition) is 3. The van der Waals surface area contributed by atoms with Crippen LogP contribution < -0.4 is 0 Å². The largest absolute Gasteiger partial charge is 0.365 e. The number of ketones is 1. The van der Waals surface area contributed by atoms with E-state index >= 15 is 0 Å². The van der Waals surface area contributed by atoms with Crippen molar-refractivity contribution >= 4 is 5.78 Å². The van der Waals surface area contributed by atoms with E-state index in [4.69, 9.17) is 4.74 Å². The zero-order valence-electron chi connectivity index (χ0n) is 19.7. The molecule has 1 aromatic rings. The van der Waals surface area contributed by atoms with Gasteiger partial charge in [0.25, 0.3) is 0 Å². The standard InChI is InChI=1S/C28H37FO3/c1-18(30)23-10-11-24-22-9-6-20-16-28(31,32-17-19-4-7-21(29)8-5-19)15-14-26(20,2)25(22)12-13-27(23,24)3/h4-8,22-25,31H,9-17H2,1-3H3. The highest BCUT2D eigenvalue weighted by molar-refractivity contribution is 5.79. The molecule has 4 aliphatic rings. The summed E-state index contributed by atoms with van der Waals surface area (Å²) in [5.41, 5.74) is 2.52. The van der Waals surface area contributed by atoms with Crippen molar-refractivity contribution in [2.24, 2.45) is 34.5 Å². The van der Waals surface area contributed by atoms with Crippen LogP contribution in [-0.2, 0) is 16.1 Å². The summed E-state index contributed by atoms with van der Waals surface area (Å²) in [5, 5.41) is 11.2. The first-order chi connectivity index (χ1) is 15.1. The fourth-order valence-corrected chi connectivity index (χ4v) is 8.21. The number of halogens is 1. The van der Waals surface area contributed by atoms with Crippen molar-refractivity contribution in [3.05, 3.63) is 47.3 Å². The Labute approximate surface area is 191 Å². The molecule has 7 atom stereocenters. The zero-order valence-corrected chi connectivity index (χ0v) is 19.7. The minimum atomic E-state index is -1.15. The van der Waals surface area contributed by atoms with Crippen LogP contribution in [0.15, 0.2) is 35.9 Å². The third-order valence-corrected chi connectivity index (χ3v) is 10.0. The van der Waals surface area contributed by atoms with Gasteiger partial charge >= 0.3 is 0 Å². The number of benzene rings is 1. The van der Waals surface area contributed by atoms with Crippen molar-refractivity contribution in [3.8, 4) is 0 Å². The van der Waals surface area contributed by atoms with E-state index in [0.29, 0.717) is 43.0 Å². The fraction of sp³-hybridized carbons (Fsp3) is 0.679. The summed E-state index contributed by atoms with van der Waals surface area (Å²) in [6.07, 6.45) is 10.2. The topological polar surface area (TPSA) is 46.5 Å². The van der Waals surface area contributed by atoms with Gasteiger partial charge in [0.2, 0.25) is 0 Å². The molecule has 32 heavy (non-hydrogen) atoms. The number of aliphatic hydroxyl groups is 1. The van der Waals surface area contributed by atoms with Crippen LogP contribution in [0.1, 0.15) is 77.7 Å². The van der Waals surface area contributed by atoms with E-state index in [1.54, 1.807) is 19.1 Å². The second-order valence-electron chi connectivity index (χ2n) is 11.6. The Balaban J connectivity index is 1.32. The van der Waals surface area contributed by atoms with Gasteiger partial charge in [-0.3, -0.25) is 4.79 Å². The van der Waals surface area contributed by atoms with Gasteiger partial charge in [-0.15, -0.1) is 0 Å².